The Bertz CT molecular complexity index is 124. The van der Waals surface area contributed by atoms with Crippen LogP contribution in [0.2, 0.25) is 0 Å². The zero-order chi connectivity index (χ0) is 7.70. The lowest BCUT2D eigenvalue weighted by atomic mass is 10.5. The van der Waals surface area contributed by atoms with Crippen LogP contribution in [0.3, 0.4) is 0 Å². The SMILES string of the molecule is C=CC#N.CCC(=O)O. The number of hydrogen-bond donors (Lipinski definition) is 1. The molecule has 0 amide bonds. The minimum absolute atomic E-state index is 0.222. The summed E-state index contributed by atoms with van der Waals surface area (Å²) >= 11 is 0. The summed E-state index contributed by atoms with van der Waals surface area (Å²) in [6, 6.07) is 1.69. The molecule has 0 aromatic heterocycles. The van der Waals surface area contributed by atoms with Crippen LogP contribution >= 0.6 is 0 Å². The van der Waals surface area contributed by atoms with E-state index in [0.29, 0.717) is 0 Å². The number of aliphatic carboxylic acids is 1. The molecular formula is C6H9NO2. The van der Waals surface area contributed by atoms with Crippen molar-refractivity contribution < 1.29 is 9.90 Å². The normalized spacial score (nSPS) is 5.78. The molecule has 0 heterocycles. The summed E-state index contributed by atoms with van der Waals surface area (Å²) in [5.74, 6) is -0.745. The van der Waals surface area contributed by atoms with Crippen LogP contribution in [-0.2, 0) is 4.79 Å². The van der Waals surface area contributed by atoms with Crippen LogP contribution in [0.1, 0.15) is 13.3 Å². The molecule has 0 aliphatic carbocycles. The molecule has 0 radical (unpaired) electrons. The first-order chi connectivity index (χ1) is 4.18. The standard InChI is InChI=1S/C3H3N.C3H6O2/c1-2-3-4;1-2-3(4)5/h2H,1H2;2H2,1H3,(H,4,5). The molecule has 3 heteroatoms. The third-order valence-corrected chi connectivity index (χ3v) is 0.394. The van der Waals surface area contributed by atoms with E-state index in [9.17, 15) is 4.79 Å². The minimum Gasteiger partial charge on any atom is -0.481 e. The Balaban J connectivity index is 0. The maximum Gasteiger partial charge on any atom is 0.303 e. The lowest BCUT2D eigenvalue weighted by Crippen LogP contribution is -1.86. The number of carboxylic acids is 1. The number of nitriles is 1. The summed E-state index contributed by atoms with van der Waals surface area (Å²) < 4.78 is 0. The highest BCUT2D eigenvalue weighted by molar-refractivity contribution is 5.66. The molecule has 0 unspecified atom stereocenters. The molecule has 0 aromatic rings. The van der Waals surface area contributed by atoms with Gasteiger partial charge in [-0.25, -0.2) is 0 Å². The Hall–Kier alpha value is -1.30. The third-order valence-electron chi connectivity index (χ3n) is 0.394. The molecule has 0 saturated carbocycles. The van der Waals surface area contributed by atoms with Crippen molar-refractivity contribution >= 4 is 5.97 Å². The van der Waals surface area contributed by atoms with Gasteiger partial charge in [-0.1, -0.05) is 13.5 Å². The van der Waals surface area contributed by atoms with Gasteiger partial charge in [-0.2, -0.15) is 5.26 Å². The summed E-state index contributed by atoms with van der Waals surface area (Å²) in [4.78, 5) is 9.37. The van der Waals surface area contributed by atoms with Crippen LogP contribution in [0, 0.1) is 11.3 Å². The molecule has 0 bridgehead atoms. The molecule has 0 fully saturated rings. The van der Waals surface area contributed by atoms with Gasteiger partial charge >= 0.3 is 5.97 Å². The summed E-state index contributed by atoms with van der Waals surface area (Å²) in [6.07, 6.45) is 1.40. The van der Waals surface area contributed by atoms with E-state index >= 15 is 0 Å². The van der Waals surface area contributed by atoms with Crippen molar-refractivity contribution in [2.75, 3.05) is 0 Å². The number of carbonyl (C=O) groups is 1. The van der Waals surface area contributed by atoms with E-state index in [4.69, 9.17) is 10.4 Å². The van der Waals surface area contributed by atoms with Gasteiger partial charge in [0, 0.05) is 12.5 Å². The highest BCUT2D eigenvalue weighted by atomic mass is 16.4. The van der Waals surface area contributed by atoms with Gasteiger partial charge in [-0.15, -0.1) is 0 Å². The third kappa shape index (κ3) is 51.2. The highest BCUT2D eigenvalue weighted by Crippen LogP contribution is 1.67. The number of allylic oxidation sites excluding steroid dienone is 1. The van der Waals surface area contributed by atoms with E-state index in [1.54, 1.807) is 13.0 Å². The van der Waals surface area contributed by atoms with Crippen molar-refractivity contribution in [3.63, 3.8) is 0 Å². The van der Waals surface area contributed by atoms with Crippen LogP contribution in [0.4, 0.5) is 0 Å². The zero-order valence-electron chi connectivity index (χ0n) is 5.29. The minimum atomic E-state index is -0.745. The average molecular weight is 127 g/mol. The van der Waals surface area contributed by atoms with Crippen molar-refractivity contribution in [1.82, 2.24) is 0 Å². The Morgan fingerprint density at radius 3 is 2.22 bits per heavy atom. The van der Waals surface area contributed by atoms with Crippen LogP contribution in [0.5, 0.6) is 0 Å². The van der Waals surface area contributed by atoms with Gasteiger partial charge in [0.15, 0.2) is 0 Å². The maximum absolute atomic E-state index is 9.37. The number of rotatable bonds is 1. The van der Waals surface area contributed by atoms with E-state index in [2.05, 4.69) is 6.58 Å². The molecule has 0 aliphatic heterocycles. The Morgan fingerprint density at radius 2 is 2.22 bits per heavy atom. The van der Waals surface area contributed by atoms with Gasteiger partial charge in [0.05, 0.1) is 6.07 Å². The smallest absolute Gasteiger partial charge is 0.303 e. The van der Waals surface area contributed by atoms with E-state index in [0.717, 1.165) is 0 Å². The monoisotopic (exact) mass is 127 g/mol. The summed E-state index contributed by atoms with van der Waals surface area (Å²) in [6.45, 7) is 4.72. The van der Waals surface area contributed by atoms with Crippen LogP contribution in [-0.4, -0.2) is 11.1 Å². The van der Waals surface area contributed by atoms with E-state index in [1.807, 2.05) is 0 Å². The van der Waals surface area contributed by atoms with Gasteiger partial charge in [-0.05, 0) is 0 Å². The van der Waals surface area contributed by atoms with Crippen molar-refractivity contribution in [2.24, 2.45) is 0 Å². The fraction of sp³-hybridized carbons (Fsp3) is 0.333. The van der Waals surface area contributed by atoms with Crippen LogP contribution in [0.25, 0.3) is 0 Å². The van der Waals surface area contributed by atoms with Crippen molar-refractivity contribution in [3.8, 4) is 6.07 Å². The van der Waals surface area contributed by atoms with E-state index in [-0.39, 0.29) is 6.42 Å². The topological polar surface area (TPSA) is 61.1 Å². The lowest BCUT2D eigenvalue weighted by Gasteiger charge is -1.71. The molecule has 3 nitrogen and oxygen atoms in total. The van der Waals surface area contributed by atoms with Gasteiger partial charge in [0.2, 0.25) is 0 Å². The maximum atomic E-state index is 9.37. The molecule has 0 spiro atoms. The average Bonchev–Trinajstić information content (AvgIpc) is 1.89. The van der Waals surface area contributed by atoms with E-state index < -0.39 is 5.97 Å². The fourth-order valence-electron chi connectivity index (χ4n) is 0. The Kier molecular flexibility index (Phi) is 11.6. The number of carboxylic acid groups (broad SMARTS) is 1. The van der Waals surface area contributed by atoms with Crippen LogP contribution < -0.4 is 0 Å². The predicted octanol–water partition coefficient (Wildman–Crippen LogP) is 1.18. The summed E-state index contributed by atoms with van der Waals surface area (Å²) in [5, 5.41) is 15.2. The number of nitrogens with zero attached hydrogens (tertiary/aromatic N) is 1. The Labute approximate surface area is 54.2 Å². The molecule has 9 heavy (non-hydrogen) atoms. The second-order valence-corrected chi connectivity index (χ2v) is 1.08. The fourth-order valence-corrected chi connectivity index (χ4v) is 0. The van der Waals surface area contributed by atoms with Gasteiger partial charge in [0.1, 0.15) is 0 Å². The molecule has 0 aromatic carbocycles. The first-order valence-electron chi connectivity index (χ1n) is 2.41. The molecule has 1 N–H and O–H groups in total. The van der Waals surface area contributed by atoms with Gasteiger partial charge in [0.25, 0.3) is 0 Å². The lowest BCUT2D eigenvalue weighted by molar-refractivity contribution is -0.136. The quantitative estimate of drug-likeness (QED) is 0.538. The molecule has 0 saturated heterocycles. The second-order valence-electron chi connectivity index (χ2n) is 1.08. The first kappa shape index (κ1) is 10.6. The molecule has 0 rings (SSSR count). The van der Waals surface area contributed by atoms with Crippen molar-refractivity contribution in [2.45, 2.75) is 13.3 Å². The zero-order valence-corrected chi connectivity index (χ0v) is 5.29. The number of hydrogen-bond acceptors (Lipinski definition) is 2. The second kappa shape index (κ2) is 9.85. The van der Waals surface area contributed by atoms with Gasteiger partial charge < -0.3 is 5.11 Å². The highest BCUT2D eigenvalue weighted by Gasteiger charge is 1.80. The van der Waals surface area contributed by atoms with Gasteiger partial charge in [-0.3, -0.25) is 4.79 Å². The molecule has 0 aliphatic rings. The Morgan fingerprint density at radius 1 is 2.00 bits per heavy atom. The van der Waals surface area contributed by atoms with E-state index in [1.165, 1.54) is 6.08 Å². The predicted molar refractivity (Wildman–Crippen MR) is 33.7 cm³/mol. The molecule has 0 atom stereocenters. The first-order valence-corrected chi connectivity index (χ1v) is 2.41. The summed E-state index contributed by atoms with van der Waals surface area (Å²) in [7, 11) is 0. The van der Waals surface area contributed by atoms with Crippen LogP contribution in [0.15, 0.2) is 12.7 Å². The molecular weight excluding hydrogens is 118 g/mol. The summed E-state index contributed by atoms with van der Waals surface area (Å²) in [5.41, 5.74) is 0. The van der Waals surface area contributed by atoms with Crippen molar-refractivity contribution in [3.05, 3.63) is 12.7 Å². The molecule has 50 valence electrons. The van der Waals surface area contributed by atoms with Crippen molar-refractivity contribution in [1.29, 1.82) is 5.26 Å². The largest absolute Gasteiger partial charge is 0.481 e.